The predicted octanol–water partition coefficient (Wildman–Crippen LogP) is 0.866. The highest BCUT2D eigenvalue weighted by atomic mass is 35.5. The Morgan fingerprint density at radius 1 is 1.29 bits per heavy atom. The van der Waals surface area contributed by atoms with Crippen LogP contribution in [0.1, 0.15) is 27.2 Å². The SMILES string of the molecule is CC(C)(C)C(=O)NCCCN1CCNCC1.Cl. The first-order chi connectivity index (χ1) is 7.50. The molecule has 4 nitrogen and oxygen atoms in total. The van der Waals surface area contributed by atoms with Gasteiger partial charge in [-0.1, -0.05) is 20.8 Å². The van der Waals surface area contributed by atoms with Crippen molar-refractivity contribution >= 4 is 18.3 Å². The standard InChI is InChI=1S/C12H25N3O.ClH/c1-12(2,3)11(16)14-5-4-8-15-9-6-13-7-10-15;/h13H,4-10H2,1-3H3,(H,14,16);1H. The van der Waals surface area contributed by atoms with Gasteiger partial charge in [0.1, 0.15) is 0 Å². The number of carbonyl (C=O) groups excluding carboxylic acids is 1. The van der Waals surface area contributed by atoms with E-state index in [0.717, 1.165) is 45.7 Å². The largest absolute Gasteiger partial charge is 0.356 e. The van der Waals surface area contributed by atoms with E-state index in [0.29, 0.717) is 0 Å². The van der Waals surface area contributed by atoms with Crippen LogP contribution in [0, 0.1) is 5.41 Å². The molecule has 0 aromatic heterocycles. The highest BCUT2D eigenvalue weighted by Crippen LogP contribution is 2.12. The van der Waals surface area contributed by atoms with Gasteiger partial charge in [0.15, 0.2) is 0 Å². The lowest BCUT2D eigenvalue weighted by Crippen LogP contribution is -2.44. The summed E-state index contributed by atoms with van der Waals surface area (Å²) in [6, 6.07) is 0. The van der Waals surface area contributed by atoms with Crippen LogP contribution in [0.5, 0.6) is 0 Å². The fourth-order valence-corrected chi connectivity index (χ4v) is 1.70. The second kappa shape index (κ2) is 7.90. The maximum absolute atomic E-state index is 11.6. The molecule has 1 amide bonds. The second-order valence-electron chi connectivity index (χ2n) is 5.45. The van der Waals surface area contributed by atoms with Crippen molar-refractivity contribution in [1.29, 1.82) is 0 Å². The van der Waals surface area contributed by atoms with Crippen LogP contribution in [0.3, 0.4) is 0 Å². The monoisotopic (exact) mass is 263 g/mol. The summed E-state index contributed by atoms with van der Waals surface area (Å²) in [4.78, 5) is 14.0. The van der Waals surface area contributed by atoms with Gasteiger partial charge in [-0.05, 0) is 13.0 Å². The third kappa shape index (κ3) is 6.86. The van der Waals surface area contributed by atoms with Crippen molar-refractivity contribution in [3.05, 3.63) is 0 Å². The quantitative estimate of drug-likeness (QED) is 0.740. The number of nitrogens with one attached hydrogen (secondary N) is 2. The molecular weight excluding hydrogens is 238 g/mol. The summed E-state index contributed by atoms with van der Waals surface area (Å²) in [6.07, 6.45) is 1.04. The number of rotatable bonds is 4. The van der Waals surface area contributed by atoms with Gasteiger partial charge < -0.3 is 15.5 Å². The molecule has 0 aromatic rings. The van der Waals surface area contributed by atoms with Crippen molar-refractivity contribution in [3.63, 3.8) is 0 Å². The van der Waals surface area contributed by atoms with Crippen LogP contribution < -0.4 is 10.6 Å². The lowest BCUT2D eigenvalue weighted by atomic mass is 9.96. The molecule has 2 N–H and O–H groups in total. The van der Waals surface area contributed by atoms with Crippen LogP contribution >= 0.6 is 12.4 Å². The molecule has 17 heavy (non-hydrogen) atoms. The van der Waals surface area contributed by atoms with E-state index in [4.69, 9.17) is 0 Å². The van der Waals surface area contributed by atoms with Gasteiger partial charge in [0.05, 0.1) is 0 Å². The van der Waals surface area contributed by atoms with Gasteiger partial charge in [-0.2, -0.15) is 0 Å². The molecule has 0 radical (unpaired) electrons. The summed E-state index contributed by atoms with van der Waals surface area (Å²) in [5.74, 6) is 0.146. The first-order valence-electron chi connectivity index (χ1n) is 6.21. The van der Waals surface area contributed by atoms with Crippen molar-refractivity contribution < 1.29 is 4.79 Å². The van der Waals surface area contributed by atoms with Crippen molar-refractivity contribution in [2.24, 2.45) is 5.41 Å². The van der Waals surface area contributed by atoms with Gasteiger partial charge >= 0.3 is 0 Å². The molecule has 1 heterocycles. The number of amides is 1. The van der Waals surface area contributed by atoms with E-state index in [1.807, 2.05) is 20.8 Å². The van der Waals surface area contributed by atoms with Gasteiger partial charge in [0.25, 0.3) is 0 Å². The zero-order valence-electron chi connectivity index (χ0n) is 11.2. The van der Waals surface area contributed by atoms with Crippen LogP contribution in [-0.4, -0.2) is 50.1 Å². The molecule has 0 aliphatic carbocycles. The van der Waals surface area contributed by atoms with E-state index in [1.165, 1.54) is 0 Å². The second-order valence-corrected chi connectivity index (χ2v) is 5.45. The average molecular weight is 264 g/mol. The first kappa shape index (κ1) is 16.7. The normalized spacial score (nSPS) is 17.4. The lowest BCUT2D eigenvalue weighted by Gasteiger charge is -2.27. The Bertz CT molecular complexity index is 222. The Morgan fingerprint density at radius 2 is 1.88 bits per heavy atom. The van der Waals surface area contributed by atoms with Gasteiger partial charge in [0.2, 0.25) is 5.91 Å². The number of nitrogens with zero attached hydrogens (tertiary/aromatic N) is 1. The van der Waals surface area contributed by atoms with E-state index in [1.54, 1.807) is 0 Å². The highest BCUT2D eigenvalue weighted by Gasteiger charge is 2.20. The predicted molar refractivity (Wildman–Crippen MR) is 73.6 cm³/mol. The Balaban J connectivity index is 0.00000256. The summed E-state index contributed by atoms with van der Waals surface area (Å²) in [7, 11) is 0. The molecule has 5 heteroatoms. The zero-order chi connectivity index (χ0) is 12.0. The molecule has 0 aromatic carbocycles. The van der Waals surface area contributed by atoms with Gasteiger partial charge in [-0.3, -0.25) is 4.79 Å². The van der Waals surface area contributed by atoms with Crippen molar-refractivity contribution in [2.45, 2.75) is 27.2 Å². The van der Waals surface area contributed by atoms with E-state index in [2.05, 4.69) is 15.5 Å². The van der Waals surface area contributed by atoms with Crippen LogP contribution in [-0.2, 0) is 4.79 Å². The van der Waals surface area contributed by atoms with Crippen LogP contribution in [0.2, 0.25) is 0 Å². The minimum absolute atomic E-state index is 0. The van der Waals surface area contributed by atoms with Gasteiger partial charge in [0, 0.05) is 38.1 Å². The minimum atomic E-state index is -0.269. The molecule has 0 atom stereocenters. The molecule has 1 aliphatic heterocycles. The van der Waals surface area contributed by atoms with Crippen LogP contribution in [0.15, 0.2) is 0 Å². The number of piperazine rings is 1. The molecule has 1 aliphatic rings. The Kier molecular flexibility index (Phi) is 7.75. The van der Waals surface area contributed by atoms with Gasteiger partial charge in [-0.25, -0.2) is 0 Å². The van der Waals surface area contributed by atoms with E-state index in [9.17, 15) is 4.79 Å². The Morgan fingerprint density at radius 3 is 2.41 bits per heavy atom. The first-order valence-corrected chi connectivity index (χ1v) is 6.21. The smallest absolute Gasteiger partial charge is 0.225 e. The molecule has 1 fully saturated rings. The molecule has 102 valence electrons. The lowest BCUT2D eigenvalue weighted by molar-refractivity contribution is -0.128. The fourth-order valence-electron chi connectivity index (χ4n) is 1.70. The van der Waals surface area contributed by atoms with Gasteiger partial charge in [-0.15, -0.1) is 12.4 Å². The molecule has 0 spiro atoms. The van der Waals surface area contributed by atoms with Crippen molar-refractivity contribution in [2.75, 3.05) is 39.3 Å². The van der Waals surface area contributed by atoms with E-state index < -0.39 is 0 Å². The molecule has 0 saturated carbocycles. The summed E-state index contributed by atoms with van der Waals surface area (Å²) in [5, 5.41) is 6.31. The fraction of sp³-hybridized carbons (Fsp3) is 0.917. The molecule has 0 bridgehead atoms. The van der Waals surface area contributed by atoms with E-state index in [-0.39, 0.29) is 23.7 Å². The summed E-state index contributed by atoms with van der Waals surface area (Å²) >= 11 is 0. The van der Waals surface area contributed by atoms with E-state index >= 15 is 0 Å². The number of hydrogen-bond acceptors (Lipinski definition) is 3. The Hall–Kier alpha value is -0.320. The van der Waals surface area contributed by atoms with Crippen molar-refractivity contribution in [1.82, 2.24) is 15.5 Å². The molecule has 1 saturated heterocycles. The average Bonchev–Trinajstić information content (AvgIpc) is 2.24. The number of carbonyl (C=O) groups is 1. The summed E-state index contributed by atoms with van der Waals surface area (Å²) < 4.78 is 0. The third-order valence-corrected chi connectivity index (χ3v) is 2.83. The Labute approximate surface area is 111 Å². The maximum Gasteiger partial charge on any atom is 0.225 e. The number of halogens is 1. The molecule has 0 unspecified atom stereocenters. The van der Waals surface area contributed by atoms with Crippen LogP contribution in [0.4, 0.5) is 0 Å². The minimum Gasteiger partial charge on any atom is -0.356 e. The topological polar surface area (TPSA) is 44.4 Å². The number of hydrogen-bond donors (Lipinski definition) is 2. The maximum atomic E-state index is 11.6. The molecule has 1 rings (SSSR count). The summed E-state index contributed by atoms with van der Waals surface area (Å²) in [6.45, 7) is 12.2. The van der Waals surface area contributed by atoms with Crippen molar-refractivity contribution in [3.8, 4) is 0 Å². The zero-order valence-corrected chi connectivity index (χ0v) is 12.0. The third-order valence-electron chi connectivity index (χ3n) is 2.83. The molecular formula is C12H26ClN3O. The summed E-state index contributed by atoms with van der Waals surface area (Å²) in [5.41, 5.74) is -0.269. The van der Waals surface area contributed by atoms with Crippen LogP contribution in [0.25, 0.3) is 0 Å². The highest BCUT2D eigenvalue weighted by molar-refractivity contribution is 5.85.